The fourth-order valence-electron chi connectivity index (χ4n) is 2.99. The Morgan fingerprint density at radius 2 is 2.04 bits per heavy atom. The van der Waals surface area contributed by atoms with Crippen LogP contribution in [0, 0.1) is 5.41 Å². The van der Waals surface area contributed by atoms with Crippen molar-refractivity contribution in [3.8, 4) is 17.1 Å². The summed E-state index contributed by atoms with van der Waals surface area (Å²) in [5, 5.41) is 4.08. The summed E-state index contributed by atoms with van der Waals surface area (Å²) in [6.07, 6.45) is 0.993. The first-order chi connectivity index (χ1) is 11.0. The highest BCUT2D eigenvalue weighted by Gasteiger charge is 2.33. The number of nitrogens with two attached hydrogens (primary N) is 1. The summed E-state index contributed by atoms with van der Waals surface area (Å²) in [6, 6.07) is 7.88. The maximum atomic E-state index is 6.18. The van der Waals surface area contributed by atoms with Gasteiger partial charge >= 0.3 is 0 Å². The van der Waals surface area contributed by atoms with Crippen molar-refractivity contribution in [3.05, 3.63) is 30.2 Å². The van der Waals surface area contributed by atoms with Crippen molar-refractivity contribution in [1.29, 1.82) is 0 Å². The Balaban J connectivity index is 0.00000208. The lowest BCUT2D eigenvalue weighted by Gasteiger charge is -2.42. The summed E-state index contributed by atoms with van der Waals surface area (Å²) in [5.41, 5.74) is 7.21. The second-order valence-corrected chi connectivity index (χ2v) is 6.83. The van der Waals surface area contributed by atoms with E-state index in [0.717, 1.165) is 30.8 Å². The van der Waals surface area contributed by atoms with E-state index < -0.39 is 0 Å². The molecule has 1 aliphatic rings. The molecule has 1 aromatic carbocycles. The van der Waals surface area contributed by atoms with Gasteiger partial charge in [-0.25, -0.2) is 0 Å². The summed E-state index contributed by atoms with van der Waals surface area (Å²) >= 11 is 0. The first kappa shape index (κ1) is 18.7. The molecule has 1 unspecified atom stereocenters. The van der Waals surface area contributed by atoms with E-state index in [1.807, 2.05) is 24.3 Å². The first-order valence-electron chi connectivity index (χ1n) is 7.93. The number of halogens is 1. The van der Waals surface area contributed by atoms with Crippen LogP contribution in [0.2, 0.25) is 0 Å². The number of rotatable bonds is 4. The molecule has 7 heteroatoms. The number of likely N-dealkylation sites (tertiary alicyclic amines) is 1. The third-order valence-electron chi connectivity index (χ3n) is 4.57. The van der Waals surface area contributed by atoms with E-state index in [2.05, 4.69) is 28.9 Å². The van der Waals surface area contributed by atoms with Crippen LogP contribution in [-0.4, -0.2) is 41.3 Å². The van der Waals surface area contributed by atoms with Crippen molar-refractivity contribution in [2.24, 2.45) is 11.1 Å². The Hall–Kier alpha value is -1.63. The quantitative estimate of drug-likeness (QED) is 0.911. The molecular weight excluding hydrogens is 328 g/mol. The van der Waals surface area contributed by atoms with Crippen molar-refractivity contribution >= 4 is 12.4 Å². The molecule has 0 aliphatic carbocycles. The molecule has 2 heterocycles. The lowest BCUT2D eigenvalue weighted by atomic mass is 9.80. The average Bonchev–Trinajstić information content (AvgIpc) is 2.99. The molecule has 0 spiro atoms. The number of aromatic nitrogens is 2. The number of nitrogens with zero attached hydrogens (tertiary/aromatic N) is 3. The van der Waals surface area contributed by atoms with Gasteiger partial charge in [0.05, 0.1) is 13.7 Å². The van der Waals surface area contributed by atoms with Crippen LogP contribution in [0.25, 0.3) is 11.4 Å². The third kappa shape index (κ3) is 4.06. The zero-order valence-electron chi connectivity index (χ0n) is 14.4. The summed E-state index contributed by atoms with van der Waals surface area (Å²) in [6.45, 7) is 6.99. The molecule has 1 atom stereocenters. The Bertz CT molecular complexity index is 657. The lowest BCUT2D eigenvalue weighted by molar-refractivity contribution is 0.0811. The van der Waals surface area contributed by atoms with E-state index in [1.54, 1.807) is 7.11 Å². The Kier molecular flexibility index (Phi) is 5.85. The first-order valence-corrected chi connectivity index (χ1v) is 7.93. The van der Waals surface area contributed by atoms with Crippen LogP contribution >= 0.6 is 12.4 Å². The largest absolute Gasteiger partial charge is 0.497 e. The predicted molar refractivity (Wildman–Crippen MR) is 95.2 cm³/mol. The molecule has 0 bridgehead atoms. The fraction of sp³-hybridized carbons (Fsp3) is 0.529. The zero-order chi connectivity index (χ0) is 16.4. The van der Waals surface area contributed by atoms with Gasteiger partial charge in [-0.2, -0.15) is 4.98 Å². The summed E-state index contributed by atoms with van der Waals surface area (Å²) < 4.78 is 10.6. The number of ether oxygens (including phenoxy) is 1. The molecule has 2 N–H and O–H groups in total. The molecule has 0 radical (unpaired) electrons. The summed E-state index contributed by atoms with van der Waals surface area (Å²) in [4.78, 5) is 6.83. The normalized spacial score (nSPS) is 20.4. The van der Waals surface area contributed by atoms with Gasteiger partial charge in [0.1, 0.15) is 5.75 Å². The molecule has 1 fully saturated rings. The summed E-state index contributed by atoms with van der Waals surface area (Å²) in [5.74, 6) is 2.06. The van der Waals surface area contributed by atoms with E-state index in [-0.39, 0.29) is 23.9 Å². The van der Waals surface area contributed by atoms with E-state index >= 15 is 0 Å². The number of hydrogen-bond acceptors (Lipinski definition) is 6. The third-order valence-corrected chi connectivity index (χ3v) is 4.57. The van der Waals surface area contributed by atoms with Crippen LogP contribution in [0.15, 0.2) is 28.8 Å². The maximum Gasteiger partial charge on any atom is 0.241 e. The molecule has 1 aromatic heterocycles. The van der Waals surface area contributed by atoms with E-state index in [1.165, 1.54) is 0 Å². The number of benzene rings is 1. The van der Waals surface area contributed by atoms with E-state index in [4.69, 9.17) is 15.0 Å². The van der Waals surface area contributed by atoms with Crippen molar-refractivity contribution in [3.63, 3.8) is 0 Å². The van der Waals surface area contributed by atoms with Crippen LogP contribution in [0.1, 0.15) is 26.2 Å². The molecule has 132 valence electrons. The van der Waals surface area contributed by atoms with Gasteiger partial charge in [-0.1, -0.05) is 19.0 Å². The number of hydrogen-bond donors (Lipinski definition) is 1. The molecule has 6 nitrogen and oxygen atoms in total. The highest BCUT2D eigenvalue weighted by molar-refractivity contribution is 5.85. The van der Waals surface area contributed by atoms with Gasteiger partial charge < -0.3 is 15.0 Å². The van der Waals surface area contributed by atoms with Crippen LogP contribution in [0.3, 0.4) is 0 Å². The van der Waals surface area contributed by atoms with Crippen molar-refractivity contribution in [2.45, 2.75) is 32.9 Å². The molecule has 2 aromatic rings. The molecule has 3 rings (SSSR count). The van der Waals surface area contributed by atoms with Gasteiger partial charge in [-0.3, -0.25) is 4.90 Å². The van der Waals surface area contributed by atoms with Gasteiger partial charge in [0.25, 0.3) is 0 Å². The number of methoxy groups -OCH3 is 1. The Morgan fingerprint density at radius 3 is 2.67 bits per heavy atom. The van der Waals surface area contributed by atoms with Crippen molar-refractivity contribution < 1.29 is 9.26 Å². The monoisotopic (exact) mass is 352 g/mol. The van der Waals surface area contributed by atoms with Crippen molar-refractivity contribution in [1.82, 2.24) is 15.0 Å². The second kappa shape index (κ2) is 7.51. The van der Waals surface area contributed by atoms with Gasteiger partial charge in [0.15, 0.2) is 0 Å². The van der Waals surface area contributed by atoms with Gasteiger partial charge in [-0.15, -0.1) is 12.4 Å². The SMILES string of the molecule is COc1ccc(-c2noc(CN3CCC(N)C(C)(C)C3)n2)cc1.Cl. The summed E-state index contributed by atoms with van der Waals surface area (Å²) in [7, 11) is 1.65. The average molecular weight is 353 g/mol. The molecule has 24 heavy (non-hydrogen) atoms. The minimum atomic E-state index is 0. The predicted octanol–water partition coefficient (Wildman–Crippen LogP) is 2.73. The van der Waals surface area contributed by atoms with Gasteiger partial charge in [-0.05, 0) is 36.1 Å². The molecule has 0 saturated carbocycles. The molecule has 1 saturated heterocycles. The zero-order valence-corrected chi connectivity index (χ0v) is 15.2. The van der Waals surface area contributed by atoms with Gasteiger partial charge in [0.2, 0.25) is 11.7 Å². The van der Waals surface area contributed by atoms with Gasteiger partial charge in [0, 0.05) is 24.7 Å². The van der Waals surface area contributed by atoms with E-state index in [0.29, 0.717) is 18.3 Å². The smallest absolute Gasteiger partial charge is 0.241 e. The number of piperidine rings is 1. The maximum absolute atomic E-state index is 6.18. The second-order valence-electron chi connectivity index (χ2n) is 6.83. The Labute approximate surface area is 148 Å². The highest BCUT2D eigenvalue weighted by Crippen LogP contribution is 2.28. The van der Waals surface area contributed by atoms with Crippen LogP contribution in [0.5, 0.6) is 5.75 Å². The minimum absolute atomic E-state index is 0. The lowest BCUT2D eigenvalue weighted by Crippen LogP contribution is -2.52. The van der Waals surface area contributed by atoms with Crippen molar-refractivity contribution in [2.75, 3.05) is 20.2 Å². The fourth-order valence-corrected chi connectivity index (χ4v) is 2.99. The van der Waals surface area contributed by atoms with Crippen LogP contribution in [0.4, 0.5) is 0 Å². The van der Waals surface area contributed by atoms with Crippen LogP contribution in [-0.2, 0) is 6.54 Å². The minimum Gasteiger partial charge on any atom is -0.497 e. The molecule has 1 aliphatic heterocycles. The van der Waals surface area contributed by atoms with Crippen LogP contribution < -0.4 is 10.5 Å². The Morgan fingerprint density at radius 1 is 1.33 bits per heavy atom. The van der Waals surface area contributed by atoms with E-state index in [9.17, 15) is 0 Å². The topological polar surface area (TPSA) is 77.4 Å². The standard InChI is InChI=1S/C17H24N4O2.ClH/c1-17(2)11-21(9-8-14(17)18)10-15-19-16(20-23-15)12-4-6-13(22-3)7-5-12;/h4-7,14H,8-11,18H2,1-3H3;1H. The highest BCUT2D eigenvalue weighted by atomic mass is 35.5. The molecule has 0 amide bonds. The molecular formula is C17H25ClN4O2.